The molecule has 2 aromatic carbocycles. The molecular weight excluding hydrogens is 332 g/mol. The van der Waals surface area contributed by atoms with E-state index in [4.69, 9.17) is 4.74 Å². The van der Waals surface area contributed by atoms with Gasteiger partial charge in [0.1, 0.15) is 17.4 Å². The number of nitriles is 1. The molecule has 1 N–H and O–H groups in total. The van der Waals surface area contributed by atoms with E-state index in [0.717, 1.165) is 21.8 Å². The van der Waals surface area contributed by atoms with E-state index in [1.807, 2.05) is 67.8 Å². The first-order chi connectivity index (χ1) is 12.1. The molecule has 4 nitrogen and oxygen atoms in total. The van der Waals surface area contributed by atoms with E-state index in [1.165, 1.54) is 0 Å². The summed E-state index contributed by atoms with van der Waals surface area (Å²) in [6.07, 6.45) is 3.53. The lowest BCUT2D eigenvalue weighted by molar-refractivity contribution is -0.117. The topological polar surface area (TPSA) is 62.1 Å². The Balaban J connectivity index is 2.19. The van der Waals surface area contributed by atoms with Gasteiger partial charge in [0.2, 0.25) is 0 Å². The summed E-state index contributed by atoms with van der Waals surface area (Å²) in [6, 6.07) is 17.0. The van der Waals surface area contributed by atoms with Gasteiger partial charge in [0.15, 0.2) is 0 Å². The van der Waals surface area contributed by atoms with Crippen molar-refractivity contribution >= 4 is 23.7 Å². The van der Waals surface area contributed by atoms with Crippen molar-refractivity contribution in [3.05, 3.63) is 65.2 Å². The average molecular weight is 352 g/mol. The lowest BCUT2D eigenvalue weighted by Gasteiger charge is -2.14. The maximum atomic E-state index is 12.4. The summed E-state index contributed by atoms with van der Waals surface area (Å²) in [7, 11) is 1.60. The molecule has 1 atom stereocenters. The highest BCUT2D eigenvalue weighted by Gasteiger charge is 2.14. The molecular formula is C20H20N2O2S. The Morgan fingerprint density at radius 1 is 1.28 bits per heavy atom. The third-order valence-corrected chi connectivity index (χ3v) is 4.51. The maximum absolute atomic E-state index is 12.4. The fourth-order valence-electron chi connectivity index (χ4n) is 2.36. The van der Waals surface area contributed by atoms with Crippen molar-refractivity contribution in [1.29, 1.82) is 5.26 Å². The number of methoxy groups -OCH3 is 1. The van der Waals surface area contributed by atoms with Crippen molar-refractivity contribution in [2.24, 2.45) is 0 Å². The molecule has 0 bridgehead atoms. The average Bonchev–Trinajstić information content (AvgIpc) is 2.66. The van der Waals surface area contributed by atoms with Gasteiger partial charge in [-0.05, 0) is 42.5 Å². The van der Waals surface area contributed by atoms with Crippen molar-refractivity contribution in [1.82, 2.24) is 5.32 Å². The van der Waals surface area contributed by atoms with Gasteiger partial charge < -0.3 is 10.1 Å². The van der Waals surface area contributed by atoms with Gasteiger partial charge in [-0.25, -0.2) is 0 Å². The van der Waals surface area contributed by atoms with Gasteiger partial charge in [-0.1, -0.05) is 36.4 Å². The third-order valence-electron chi connectivity index (χ3n) is 3.73. The van der Waals surface area contributed by atoms with Gasteiger partial charge in [-0.3, -0.25) is 4.79 Å². The van der Waals surface area contributed by atoms with Crippen LogP contribution in [0, 0.1) is 11.3 Å². The van der Waals surface area contributed by atoms with Crippen LogP contribution < -0.4 is 10.1 Å². The monoisotopic (exact) mass is 352 g/mol. The Labute approximate surface area is 152 Å². The second-order valence-corrected chi connectivity index (χ2v) is 6.24. The minimum atomic E-state index is -0.397. The SMILES string of the molecule is COc1cc(C=C(C#N)C(=O)NC(C)c2ccccc2)ccc1SC. The summed E-state index contributed by atoms with van der Waals surface area (Å²) in [4.78, 5) is 13.4. The van der Waals surface area contributed by atoms with Gasteiger partial charge in [0, 0.05) is 4.90 Å². The zero-order chi connectivity index (χ0) is 18.2. The molecule has 5 heteroatoms. The highest BCUT2D eigenvalue weighted by molar-refractivity contribution is 7.98. The molecule has 0 radical (unpaired) electrons. The molecule has 0 spiro atoms. The van der Waals surface area contributed by atoms with E-state index in [-0.39, 0.29) is 11.6 Å². The number of rotatable bonds is 6. The molecule has 0 aliphatic heterocycles. The molecule has 0 heterocycles. The molecule has 0 aliphatic rings. The number of carbonyl (C=O) groups is 1. The second-order valence-electron chi connectivity index (χ2n) is 5.39. The Morgan fingerprint density at radius 3 is 2.60 bits per heavy atom. The lowest BCUT2D eigenvalue weighted by Crippen LogP contribution is -2.27. The van der Waals surface area contributed by atoms with Gasteiger partial charge >= 0.3 is 0 Å². The Kier molecular flexibility index (Phi) is 6.67. The van der Waals surface area contributed by atoms with Gasteiger partial charge in [0.25, 0.3) is 5.91 Å². The van der Waals surface area contributed by atoms with Crippen LogP contribution in [-0.4, -0.2) is 19.3 Å². The summed E-state index contributed by atoms with van der Waals surface area (Å²) in [5.41, 5.74) is 1.79. The lowest BCUT2D eigenvalue weighted by atomic mass is 10.1. The number of hydrogen-bond donors (Lipinski definition) is 1. The zero-order valence-electron chi connectivity index (χ0n) is 14.4. The number of hydrogen-bond acceptors (Lipinski definition) is 4. The second kappa shape index (κ2) is 8.95. The number of thioether (sulfide) groups is 1. The number of benzene rings is 2. The van der Waals surface area contributed by atoms with Crippen LogP contribution in [0.1, 0.15) is 24.1 Å². The minimum Gasteiger partial charge on any atom is -0.496 e. The molecule has 0 aromatic heterocycles. The number of nitrogens with zero attached hydrogens (tertiary/aromatic N) is 1. The molecule has 128 valence electrons. The number of nitrogens with one attached hydrogen (secondary N) is 1. The van der Waals surface area contributed by atoms with Gasteiger partial charge in [-0.15, -0.1) is 11.8 Å². The van der Waals surface area contributed by atoms with E-state index in [9.17, 15) is 10.1 Å². The van der Waals surface area contributed by atoms with Crippen LogP contribution in [0.25, 0.3) is 6.08 Å². The Hall–Kier alpha value is -2.71. The van der Waals surface area contributed by atoms with Crippen molar-refractivity contribution < 1.29 is 9.53 Å². The smallest absolute Gasteiger partial charge is 0.262 e. The van der Waals surface area contributed by atoms with Crippen molar-refractivity contribution in [2.75, 3.05) is 13.4 Å². The predicted octanol–water partition coefficient (Wildman–Crippen LogP) is 4.20. The molecule has 1 amide bonds. The molecule has 2 rings (SSSR count). The van der Waals surface area contributed by atoms with E-state index < -0.39 is 5.91 Å². The summed E-state index contributed by atoms with van der Waals surface area (Å²) >= 11 is 1.58. The Bertz CT molecular complexity index is 810. The standard InChI is InChI=1S/C20H20N2O2S/c1-14(16-7-5-4-6-8-16)22-20(23)17(13-21)11-15-9-10-19(25-3)18(12-15)24-2/h4-12,14H,1-3H3,(H,22,23). The molecule has 0 aliphatic carbocycles. The fourth-order valence-corrected chi connectivity index (χ4v) is 2.90. The van der Waals surface area contributed by atoms with Crippen LogP contribution in [0.4, 0.5) is 0 Å². The molecule has 2 aromatic rings. The number of amides is 1. The van der Waals surface area contributed by atoms with Crippen LogP contribution in [-0.2, 0) is 4.79 Å². The van der Waals surface area contributed by atoms with Crippen LogP contribution in [0.5, 0.6) is 5.75 Å². The van der Waals surface area contributed by atoms with Crippen LogP contribution in [0.15, 0.2) is 59.0 Å². The number of carbonyl (C=O) groups excluding carboxylic acids is 1. The van der Waals surface area contributed by atoms with E-state index in [1.54, 1.807) is 24.9 Å². The highest BCUT2D eigenvalue weighted by atomic mass is 32.2. The van der Waals surface area contributed by atoms with Crippen molar-refractivity contribution in [2.45, 2.75) is 17.9 Å². The van der Waals surface area contributed by atoms with Crippen LogP contribution in [0.3, 0.4) is 0 Å². The fraction of sp³-hybridized carbons (Fsp3) is 0.200. The molecule has 1 unspecified atom stereocenters. The molecule has 0 saturated carbocycles. The van der Waals surface area contributed by atoms with E-state index in [2.05, 4.69) is 5.32 Å². The third kappa shape index (κ3) is 4.88. The predicted molar refractivity (Wildman–Crippen MR) is 101 cm³/mol. The summed E-state index contributed by atoms with van der Waals surface area (Å²) in [5, 5.41) is 12.2. The quantitative estimate of drug-likeness (QED) is 0.481. The number of ether oxygens (including phenoxy) is 1. The molecule has 25 heavy (non-hydrogen) atoms. The summed E-state index contributed by atoms with van der Waals surface area (Å²) in [5.74, 6) is 0.323. The van der Waals surface area contributed by atoms with E-state index in [0.29, 0.717) is 0 Å². The van der Waals surface area contributed by atoms with Crippen molar-refractivity contribution in [3.8, 4) is 11.8 Å². The van der Waals surface area contributed by atoms with E-state index >= 15 is 0 Å². The highest BCUT2D eigenvalue weighted by Crippen LogP contribution is 2.29. The van der Waals surface area contributed by atoms with Gasteiger partial charge in [-0.2, -0.15) is 5.26 Å². The first kappa shape index (κ1) is 18.6. The normalized spacial score (nSPS) is 12.2. The van der Waals surface area contributed by atoms with Crippen molar-refractivity contribution in [3.63, 3.8) is 0 Å². The first-order valence-electron chi connectivity index (χ1n) is 7.78. The van der Waals surface area contributed by atoms with Gasteiger partial charge in [0.05, 0.1) is 13.2 Å². The zero-order valence-corrected chi connectivity index (χ0v) is 15.3. The molecule has 0 fully saturated rings. The minimum absolute atomic E-state index is 0.0572. The van der Waals surface area contributed by atoms with Crippen LogP contribution in [0.2, 0.25) is 0 Å². The summed E-state index contributed by atoms with van der Waals surface area (Å²) < 4.78 is 5.34. The molecule has 0 saturated heterocycles. The summed E-state index contributed by atoms with van der Waals surface area (Å²) in [6.45, 7) is 1.89. The van der Waals surface area contributed by atoms with Crippen LogP contribution >= 0.6 is 11.8 Å². The maximum Gasteiger partial charge on any atom is 0.262 e. The first-order valence-corrected chi connectivity index (χ1v) is 9.01. The Morgan fingerprint density at radius 2 is 2.00 bits per heavy atom. The largest absolute Gasteiger partial charge is 0.496 e.